The Hall–Kier alpha value is -1.81. The Kier molecular flexibility index (Phi) is 4.45. The van der Waals surface area contributed by atoms with Gasteiger partial charge in [-0.05, 0) is 60.9 Å². The minimum absolute atomic E-state index is 0.141. The SMILES string of the molecule is CCc1cc(Br)ccc1NC(=O)c1cc(C)cc(N)c1. The van der Waals surface area contributed by atoms with E-state index in [1.807, 2.05) is 37.3 Å². The van der Waals surface area contributed by atoms with Gasteiger partial charge in [-0.15, -0.1) is 0 Å². The predicted octanol–water partition coefficient (Wildman–Crippen LogP) is 4.15. The number of nitrogen functional groups attached to an aromatic ring is 1. The number of anilines is 2. The molecule has 0 aliphatic heterocycles. The largest absolute Gasteiger partial charge is 0.399 e. The van der Waals surface area contributed by atoms with E-state index in [1.165, 1.54) is 0 Å². The van der Waals surface area contributed by atoms with Crippen molar-refractivity contribution >= 4 is 33.2 Å². The first-order valence-electron chi connectivity index (χ1n) is 6.46. The number of nitrogens with two attached hydrogens (primary N) is 1. The van der Waals surface area contributed by atoms with E-state index in [1.54, 1.807) is 6.07 Å². The van der Waals surface area contributed by atoms with Crippen LogP contribution in [0.2, 0.25) is 0 Å². The summed E-state index contributed by atoms with van der Waals surface area (Å²) in [6.45, 7) is 3.98. The number of nitrogens with one attached hydrogen (secondary N) is 1. The molecular weight excluding hydrogens is 316 g/mol. The summed E-state index contributed by atoms with van der Waals surface area (Å²) in [4.78, 5) is 12.3. The van der Waals surface area contributed by atoms with Gasteiger partial charge in [0.2, 0.25) is 0 Å². The summed E-state index contributed by atoms with van der Waals surface area (Å²) < 4.78 is 1.01. The second kappa shape index (κ2) is 6.09. The van der Waals surface area contributed by atoms with Crippen LogP contribution in [0.25, 0.3) is 0 Å². The number of carbonyl (C=O) groups is 1. The molecule has 104 valence electrons. The van der Waals surface area contributed by atoms with Gasteiger partial charge in [-0.3, -0.25) is 4.79 Å². The Morgan fingerprint density at radius 1 is 1.25 bits per heavy atom. The van der Waals surface area contributed by atoms with Crippen LogP contribution in [-0.2, 0) is 6.42 Å². The maximum Gasteiger partial charge on any atom is 0.255 e. The van der Waals surface area contributed by atoms with E-state index in [0.29, 0.717) is 11.3 Å². The van der Waals surface area contributed by atoms with E-state index in [2.05, 4.69) is 28.2 Å². The Morgan fingerprint density at radius 2 is 2.00 bits per heavy atom. The molecule has 1 amide bonds. The van der Waals surface area contributed by atoms with Gasteiger partial charge in [0.15, 0.2) is 0 Å². The predicted molar refractivity (Wildman–Crippen MR) is 87.1 cm³/mol. The Balaban J connectivity index is 2.27. The second-order valence-corrected chi connectivity index (χ2v) is 5.66. The standard InChI is InChI=1S/C16H17BrN2O/c1-3-11-8-13(17)4-5-15(11)19-16(20)12-6-10(2)7-14(18)9-12/h4-9H,3,18H2,1-2H3,(H,19,20). The fraction of sp³-hybridized carbons (Fsp3) is 0.188. The first-order valence-corrected chi connectivity index (χ1v) is 7.26. The van der Waals surface area contributed by atoms with Crippen LogP contribution in [0.15, 0.2) is 40.9 Å². The average molecular weight is 333 g/mol. The first-order chi connectivity index (χ1) is 9.49. The van der Waals surface area contributed by atoms with Crippen LogP contribution in [0.1, 0.15) is 28.4 Å². The molecule has 0 aromatic heterocycles. The number of carbonyl (C=O) groups excluding carboxylic acids is 1. The van der Waals surface area contributed by atoms with E-state index in [9.17, 15) is 4.79 Å². The van der Waals surface area contributed by atoms with E-state index >= 15 is 0 Å². The van der Waals surface area contributed by atoms with Crippen molar-refractivity contribution in [3.63, 3.8) is 0 Å². The lowest BCUT2D eigenvalue weighted by Crippen LogP contribution is -2.13. The summed E-state index contributed by atoms with van der Waals surface area (Å²) in [6, 6.07) is 11.2. The highest BCUT2D eigenvalue weighted by Crippen LogP contribution is 2.22. The molecule has 0 unspecified atom stereocenters. The molecular formula is C16H17BrN2O. The highest BCUT2D eigenvalue weighted by Gasteiger charge is 2.10. The fourth-order valence-electron chi connectivity index (χ4n) is 2.12. The lowest BCUT2D eigenvalue weighted by Gasteiger charge is -2.11. The Bertz CT molecular complexity index is 633. The molecule has 3 N–H and O–H groups in total. The summed E-state index contributed by atoms with van der Waals surface area (Å²) in [7, 11) is 0. The number of hydrogen-bond donors (Lipinski definition) is 2. The normalized spacial score (nSPS) is 10.3. The summed E-state index contributed by atoms with van der Waals surface area (Å²) in [5.41, 5.74) is 9.85. The molecule has 0 aliphatic rings. The highest BCUT2D eigenvalue weighted by molar-refractivity contribution is 9.10. The molecule has 4 heteroatoms. The van der Waals surface area contributed by atoms with Crippen LogP contribution in [0, 0.1) is 6.92 Å². The van der Waals surface area contributed by atoms with E-state index in [-0.39, 0.29) is 5.91 Å². The van der Waals surface area contributed by atoms with Gasteiger partial charge in [0.05, 0.1) is 0 Å². The number of amides is 1. The third-order valence-electron chi connectivity index (χ3n) is 3.06. The highest BCUT2D eigenvalue weighted by atomic mass is 79.9. The lowest BCUT2D eigenvalue weighted by atomic mass is 10.1. The maximum absolute atomic E-state index is 12.3. The van der Waals surface area contributed by atoms with Gasteiger partial charge < -0.3 is 11.1 Å². The second-order valence-electron chi connectivity index (χ2n) is 4.74. The number of rotatable bonds is 3. The van der Waals surface area contributed by atoms with Crippen molar-refractivity contribution in [2.75, 3.05) is 11.1 Å². The summed E-state index contributed by atoms with van der Waals surface area (Å²) in [5.74, 6) is -0.141. The zero-order chi connectivity index (χ0) is 14.7. The topological polar surface area (TPSA) is 55.1 Å². The number of benzene rings is 2. The van der Waals surface area contributed by atoms with Crippen molar-refractivity contribution in [3.05, 3.63) is 57.6 Å². The molecule has 3 nitrogen and oxygen atoms in total. The Morgan fingerprint density at radius 3 is 2.65 bits per heavy atom. The molecule has 2 rings (SSSR count). The zero-order valence-electron chi connectivity index (χ0n) is 11.5. The van der Waals surface area contributed by atoms with Gasteiger partial charge >= 0.3 is 0 Å². The molecule has 0 saturated heterocycles. The molecule has 0 fully saturated rings. The minimum Gasteiger partial charge on any atom is -0.399 e. The van der Waals surface area contributed by atoms with E-state index in [4.69, 9.17) is 5.73 Å². The Labute approximate surface area is 127 Å². The van der Waals surface area contributed by atoms with Crippen LogP contribution in [0.4, 0.5) is 11.4 Å². The molecule has 0 saturated carbocycles. The molecule has 0 bridgehead atoms. The summed E-state index contributed by atoms with van der Waals surface area (Å²) in [5, 5.41) is 2.94. The molecule has 0 aliphatic carbocycles. The van der Waals surface area contributed by atoms with Gasteiger partial charge in [-0.2, -0.15) is 0 Å². The first kappa shape index (κ1) is 14.6. The molecule has 0 atom stereocenters. The van der Waals surface area contributed by atoms with Gasteiger partial charge in [-0.1, -0.05) is 22.9 Å². The van der Waals surface area contributed by atoms with Crippen molar-refractivity contribution in [2.45, 2.75) is 20.3 Å². The van der Waals surface area contributed by atoms with Crippen molar-refractivity contribution in [3.8, 4) is 0 Å². The molecule has 2 aromatic rings. The molecule has 0 radical (unpaired) electrons. The van der Waals surface area contributed by atoms with Crippen molar-refractivity contribution in [1.29, 1.82) is 0 Å². The third-order valence-corrected chi connectivity index (χ3v) is 3.55. The van der Waals surface area contributed by atoms with E-state index < -0.39 is 0 Å². The quantitative estimate of drug-likeness (QED) is 0.829. The van der Waals surface area contributed by atoms with Crippen LogP contribution < -0.4 is 11.1 Å². The molecule has 20 heavy (non-hydrogen) atoms. The number of halogens is 1. The summed E-state index contributed by atoms with van der Waals surface area (Å²) >= 11 is 3.44. The smallest absolute Gasteiger partial charge is 0.255 e. The molecule has 0 spiro atoms. The van der Waals surface area contributed by atoms with Gasteiger partial charge in [0.25, 0.3) is 5.91 Å². The zero-order valence-corrected chi connectivity index (χ0v) is 13.1. The monoisotopic (exact) mass is 332 g/mol. The van der Waals surface area contributed by atoms with Crippen LogP contribution in [-0.4, -0.2) is 5.91 Å². The van der Waals surface area contributed by atoms with Gasteiger partial charge in [0, 0.05) is 21.4 Å². The van der Waals surface area contributed by atoms with Gasteiger partial charge in [-0.25, -0.2) is 0 Å². The summed E-state index contributed by atoms with van der Waals surface area (Å²) in [6.07, 6.45) is 0.852. The fourth-order valence-corrected chi connectivity index (χ4v) is 2.52. The van der Waals surface area contributed by atoms with Crippen LogP contribution in [0.3, 0.4) is 0 Å². The average Bonchev–Trinajstić information content (AvgIpc) is 2.39. The van der Waals surface area contributed by atoms with Crippen molar-refractivity contribution in [2.24, 2.45) is 0 Å². The van der Waals surface area contributed by atoms with E-state index in [0.717, 1.165) is 27.7 Å². The lowest BCUT2D eigenvalue weighted by molar-refractivity contribution is 0.102. The van der Waals surface area contributed by atoms with Crippen molar-refractivity contribution in [1.82, 2.24) is 0 Å². The van der Waals surface area contributed by atoms with Crippen LogP contribution in [0.5, 0.6) is 0 Å². The van der Waals surface area contributed by atoms with Crippen LogP contribution >= 0.6 is 15.9 Å². The number of aryl methyl sites for hydroxylation is 2. The molecule has 0 heterocycles. The van der Waals surface area contributed by atoms with Crippen molar-refractivity contribution < 1.29 is 4.79 Å². The third kappa shape index (κ3) is 3.39. The minimum atomic E-state index is -0.141. The maximum atomic E-state index is 12.3. The number of hydrogen-bond acceptors (Lipinski definition) is 2. The molecule has 2 aromatic carbocycles. The van der Waals surface area contributed by atoms with Gasteiger partial charge in [0.1, 0.15) is 0 Å².